The van der Waals surface area contributed by atoms with Gasteiger partial charge in [0.15, 0.2) is 5.11 Å². The van der Waals surface area contributed by atoms with Gasteiger partial charge >= 0.3 is 0 Å². The lowest BCUT2D eigenvalue weighted by Gasteiger charge is -2.23. The summed E-state index contributed by atoms with van der Waals surface area (Å²) in [6.07, 6.45) is 0. The maximum Gasteiger partial charge on any atom is 0.288 e. The molecule has 3 N–H and O–H groups in total. The number of fused-ring (bicyclic) bond motifs is 1. The molecule has 0 spiro atoms. The van der Waals surface area contributed by atoms with Gasteiger partial charge < -0.3 is 10.1 Å². The van der Waals surface area contributed by atoms with Crippen LogP contribution in [-0.2, 0) is 0 Å². The standard InChI is InChI=1S/C16H20N4O2S/c1-16(2,3)18-15(23)20-19-14(21)12-9-13(22-4)10-7-5-6-8-11(10)17-12/h5-9H,1-4H3,(H,19,21)(H2,18,20,23). The van der Waals surface area contributed by atoms with Crippen LogP contribution in [0.1, 0.15) is 31.3 Å². The van der Waals surface area contributed by atoms with Crippen molar-refractivity contribution < 1.29 is 9.53 Å². The lowest BCUT2D eigenvalue weighted by molar-refractivity contribution is 0.0938. The molecular weight excluding hydrogens is 312 g/mol. The molecule has 0 aliphatic carbocycles. The zero-order valence-electron chi connectivity index (χ0n) is 13.6. The van der Waals surface area contributed by atoms with Crippen molar-refractivity contribution in [2.75, 3.05) is 7.11 Å². The Morgan fingerprint density at radius 3 is 2.57 bits per heavy atom. The van der Waals surface area contributed by atoms with Crippen molar-refractivity contribution in [2.24, 2.45) is 0 Å². The smallest absolute Gasteiger partial charge is 0.288 e. The van der Waals surface area contributed by atoms with E-state index in [9.17, 15) is 4.79 Å². The Hall–Kier alpha value is -2.41. The van der Waals surface area contributed by atoms with E-state index >= 15 is 0 Å². The van der Waals surface area contributed by atoms with Gasteiger partial charge in [0.05, 0.1) is 12.6 Å². The Morgan fingerprint density at radius 1 is 1.22 bits per heavy atom. The fourth-order valence-corrected chi connectivity index (χ4v) is 2.34. The molecule has 1 aromatic heterocycles. The number of nitrogens with one attached hydrogen (secondary N) is 3. The van der Waals surface area contributed by atoms with Crippen LogP contribution >= 0.6 is 12.2 Å². The number of pyridine rings is 1. The third-order valence-electron chi connectivity index (χ3n) is 2.91. The number of carbonyl (C=O) groups excluding carboxylic acids is 1. The van der Waals surface area contributed by atoms with Crippen LogP contribution in [0.25, 0.3) is 10.9 Å². The first-order valence-corrected chi connectivity index (χ1v) is 7.53. The normalized spacial score (nSPS) is 11.0. The number of amides is 1. The fraction of sp³-hybridized carbons (Fsp3) is 0.312. The van der Waals surface area contributed by atoms with Gasteiger partial charge in [-0.3, -0.25) is 15.6 Å². The second kappa shape index (κ2) is 6.78. The monoisotopic (exact) mass is 332 g/mol. The maximum absolute atomic E-state index is 12.2. The molecule has 2 aromatic rings. The molecule has 0 bridgehead atoms. The molecule has 1 amide bonds. The van der Waals surface area contributed by atoms with E-state index in [1.165, 1.54) is 0 Å². The second-order valence-corrected chi connectivity index (χ2v) is 6.42. The van der Waals surface area contributed by atoms with Crippen LogP contribution in [0.3, 0.4) is 0 Å². The van der Waals surface area contributed by atoms with E-state index in [4.69, 9.17) is 17.0 Å². The minimum Gasteiger partial charge on any atom is -0.496 e. The molecule has 2 rings (SSSR count). The summed E-state index contributed by atoms with van der Waals surface area (Å²) < 4.78 is 5.33. The molecule has 6 nitrogen and oxygen atoms in total. The predicted molar refractivity (Wildman–Crippen MR) is 94.4 cm³/mol. The first kappa shape index (κ1) is 17.0. The quantitative estimate of drug-likeness (QED) is 0.578. The third-order valence-corrected chi connectivity index (χ3v) is 3.11. The van der Waals surface area contributed by atoms with E-state index in [0.717, 1.165) is 5.39 Å². The Morgan fingerprint density at radius 2 is 1.91 bits per heavy atom. The zero-order valence-corrected chi connectivity index (χ0v) is 14.4. The van der Waals surface area contributed by atoms with Crippen molar-refractivity contribution in [2.45, 2.75) is 26.3 Å². The lowest BCUT2D eigenvalue weighted by Crippen LogP contribution is -2.52. The van der Waals surface area contributed by atoms with Crippen LogP contribution in [0.15, 0.2) is 30.3 Å². The number of carbonyl (C=O) groups is 1. The van der Waals surface area contributed by atoms with Gasteiger partial charge in [0.1, 0.15) is 11.4 Å². The topological polar surface area (TPSA) is 75.3 Å². The average molecular weight is 332 g/mol. The van der Waals surface area contributed by atoms with Gasteiger partial charge in [-0.05, 0) is 45.1 Å². The number of hydrazine groups is 1. The Bertz CT molecular complexity index is 740. The molecular formula is C16H20N4O2S. The number of hydrogen-bond donors (Lipinski definition) is 3. The molecule has 0 unspecified atom stereocenters. The van der Waals surface area contributed by atoms with Gasteiger partial charge in [-0.1, -0.05) is 12.1 Å². The number of aromatic nitrogens is 1. The zero-order chi connectivity index (χ0) is 17.0. The Balaban J connectivity index is 2.14. The molecule has 0 fully saturated rings. The van der Waals surface area contributed by atoms with Crippen molar-refractivity contribution in [3.05, 3.63) is 36.0 Å². The van der Waals surface area contributed by atoms with Crippen LogP contribution in [0.2, 0.25) is 0 Å². The first-order valence-electron chi connectivity index (χ1n) is 7.12. The summed E-state index contributed by atoms with van der Waals surface area (Å²) >= 11 is 5.11. The minimum absolute atomic E-state index is 0.195. The molecule has 0 aliphatic rings. The number of para-hydroxylation sites is 1. The van der Waals surface area contributed by atoms with Gasteiger partial charge in [0, 0.05) is 17.0 Å². The highest BCUT2D eigenvalue weighted by Crippen LogP contribution is 2.24. The van der Waals surface area contributed by atoms with Crippen LogP contribution in [-0.4, -0.2) is 28.7 Å². The molecule has 0 saturated heterocycles. The molecule has 0 radical (unpaired) electrons. The molecule has 7 heteroatoms. The average Bonchev–Trinajstić information content (AvgIpc) is 2.49. The van der Waals surface area contributed by atoms with E-state index in [1.807, 2.05) is 45.0 Å². The second-order valence-electron chi connectivity index (χ2n) is 6.01. The first-order chi connectivity index (χ1) is 10.8. The number of nitrogens with zero attached hydrogens (tertiary/aromatic N) is 1. The van der Waals surface area contributed by atoms with Crippen molar-refractivity contribution >= 4 is 34.1 Å². The number of hydrogen-bond acceptors (Lipinski definition) is 4. The van der Waals surface area contributed by atoms with E-state index < -0.39 is 5.91 Å². The van der Waals surface area contributed by atoms with Crippen molar-refractivity contribution in [3.63, 3.8) is 0 Å². The van der Waals surface area contributed by atoms with E-state index in [0.29, 0.717) is 16.4 Å². The highest BCUT2D eigenvalue weighted by Gasteiger charge is 2.14. The summed E-state index contributed by atoms with van der Waals surface area (Å²) in [7, 11) is 1.56. The van der Waals surface area contributed by atoms with E-state index in [-0.39, 0.29) is 11.2 Å². The summed E-state index contributed by atoms with van der Waals surface area (Å²) in [5.74, 6) is 0.197. The summed E-state index contributed by atoms with van der Waals surface area (Å²) in [6.45, 7) is 5.91. The highest BCUT2D eigenvalue weighted by molar-refractivity contribution is 7.80. The number of methoxy groups -OCH3 is 1. The van der Waals surface area contributed by atoms with Gasteiger partial charge in [0.2, 0.25) is 0 Å². The van der Waals surface area contributed by atoms with Crippen molar-refractivity contribution in [1.29, 1.82) is 0 Å². The van der Waals surface area contributed by atoms with Gasteiger partial charge in [-0.2, -0.15) is 0 Å². The number of benzene rings is 1. The number of thiocarbonyl (C=S) groups is 1. The van der Waals surface area contributed by atoms with E-state index in [1.54, 1.807) is 13.2 Å². The fourth-order valence-electron chi connectivity index (χ4n) is 1.98. The number of rotatable bonds is 2. The minimum atomic E-state index is -0.396. The Kier molecular flexibility index (Phi) is 5.00. The molecule has 1 aromatic carbocycles. The lowest BCUT2D eigenvalue weighted by atomic mass is 10.1. The molecule has 0 aliphatic heterocycles. The van der Waals surface area contributed by atoms with Crippen molar-refractivity contribution in [3.8, 4) is 5.75 Å². The van der Waals surface area contributed by atoms with Crippen LogP contribution < -0.4 is 20.9 Å². The maximum atomic E-state index is 12.2. The van der Waals surface area contributed by atoms with Gasteiger partial charge in [-0.25, -0.2) is 4.98 Å². The summed E-state index contributed by atoms with van der Waals surface area (Å²) in [5, 5.41) is 4.22. The molecule has 122 valence electrons. The Labute approximate surface area is 140 Å². The molecule has 0 atom stereocenters. The summed E-state index contributed by atoms with van der Waals surface area (Å²) in [5.41, 5.74) is 5.92. The number of ether oxygens (including phenoxy) is 1. The van der Waals surface area contributed by atoms with Gasteiger partial charge in [0.25, 0.3) is 5.91 Å². The van der Waals surface area contributed by atoms with Crippen LogP contribution in [0.5, 0.6) is 5.75 Å². The SMILES string of the molecule is COc1cc(C(=O)NNC(=S)NC(C)(C)C)nc2ccccc12. The third kappa shape index (κ3) is 4.53. The largest absolute Gasteiger partial charge is 0.496 e. The highest BCUT2D eigenvalue weighted by atomic mass is 32.1. The summed E-state index contributed by atoms with van der Waals surface area (Å²) in [6, 6.07) is 9.07. The molecule has 1 heterocycles. The predicted octanol–water partition coefficient (Wildman–Crippen LogP) is 2.15. The van der Waals surface area contributed by atoms with Crippen LogP contribution in [0.4, 0.5) is 0 Å². The molecule has 0 saturated carbocycles. The summed E-state index contributed by atoms with van der Waals surface area (Å²) in [4.78, 5) is 16.6. The van der Waals surface area contributed by atoms with E-state index in [2.05, 4.69) is 21.2 Å². The van der Waals surface area contributed by atoms with Gasteiger partial charge in [-0.15, -0.1) is 0 Å². The van der Waals surface area contributed by atoms with Crippen molar-refractivity contribution in [1.82, 2.24) is 21.2 Å². The van der Waals surface area contributed by atoms with Crippen LogP contribution in [0, 0.1) is 0 Å². The molecule has 23 heavy (non-hydrogen) atoms.